The van der Waals surface area contributed by atoms with E-state index in [0.29, 0.717) is 5.92 Å². The minimum atomic E-state index is 0.115. The highest BCUT2D eigenvalue weighted by Crippen LogP contribution is 2.15. The maximum Gasteiger partial charge on any atom is 0.169 e. The minimum absolute atomic E-state index is 0.115. The van der Waals surface area contributed by atoms with Crippen molar-refractivity contribution in [1.82, 2.24) is 10.2 Å². The average molecular weight is 246 g/mol. The SMILES string of the molecule is COC1CN(C(=S)NCC(C)C)CC1OC. The zero-order valence-electron chi connectivity index (χ0n) is 10.5. The fraction of sp³-hybridized carbons (Fsp3) is 0.909. The van der Waals surface area contributed by atoms with Crippen LogP contribution < -0.4 is 5.32 Å². The van der Waals surface area contributed by atoms with Gasteiger partial charge in [0.1, 0.15) is 12.2 Å². The van der Waals surface area contributed by atoms with Crippen LogP contribution in [0.25, 0.3) is 0 Å². The molecule has 1 aliphatic rings. The van der Waals surface area contributed by atoms with E-state index in [-0.39, 0.29) is 12.2 Å². The van der Waals surface area contributed by atoms with E-state index >= 15 is 0 Å². The molecule has 5 heteroatoms. The van der Waals surface area contributed by atoms with Crippen molar-refractivity contribution in [2.75, 3.05) is 33.9 Å². The lowest BCUT2D eigenvalue weighted by molar-refractivity contribution is -0.00461. The molecule has 1 saturated heterocycles. The van der Waals surface area contributed by atoms with Crippen molar-refractivity contribution in [1.29, 1.82) is 0 Å². The first-order chi connectivity index (χ1) is 7.58. The molecule has 0 aromatic carbocycles. The van der Waals surface area contributed by atoms with Crippen molar-refractivity contribution in [2.45, 2.75) is 26.1 Å². The van der Waals surface area contributed by atoms with Gasteiger partial charge in [-0.2, -0.15) is 0 Å². The van der Waals surface area contributed by atoms with Gasteiger partial charge in [0.2, 0.25) is 0 Å². The zero-order chi connectivity index (χ0) is 12.1. The Bertz CT molecular complexity index is 224. The van der Waals surface area contributed by atoms with E-state index in [1.54, 1.807) is 14.2 Å². The van der Waals surface area contributed by atoms with E-state index in [4.69, 9.17) is 21.7 Å². The summed E-state index contributed by atoms with van der Waals surface area (Å²) in [4.78, 5) is 2.11. The minimum Gasteiger partial charge on any atom is -0.377 e. The fourth-order valence-corrected chi connectivity index (χ4v) is 2.00. The van der Waals surface area contributed by atoms with Crippen LogP contribution in [-0.2, 0) is 9.47 Å². The number of rotatable bonds is 4. The molecule has 4 nitrogen and oxygen atoms in total. The van der Waals surface area contributed by atoms with Crippen LogP contribution in [0.1, 0.15) is 13.8 Å². The van der Waals surface area contributed by atoms with Gasteiger partial charge in [0.25, 0.3) is 0 Å². The van der Waals surface area contributed by atoms with E-state index in [0.717, 1.165) is 24.7 Å². The van der Waals surface area contributed by atoms with Gasteiger partial charge in [0, 0.05) is 33.9 Å². The molecule has 0 bridgehead atoms. The van der Waals surface area contributed by atoms with Crippen LogP contribution in [0.15, 0.2) is 0 Å². The van der Waals surface area contributed by atoms with Crippen molar-refractivity contribution >= 4 is 17.3 Å². The van der Waals surface area contributed by atoms with Gasteiger partial charge < -0.3 is 19.7 Å². The van der Waals surface area contributed by atoms with E-state index in [9.17, 15) is 0 Å². The number of thiocarbonyl (C=S) groups is 1. The Hall–Kier alpha value is -0.390. The van der Waals surface area contributed by atoms with Crippen molar-refractivity contribution in [3.05, 3.63) is 0 Å². The molecule has 2 unspecified atom stereocenters. The fourth-order valence-electron chi connectivity index (χ4n) is 1.77. The Morgan fingerprint density at radius 1 is 1.31 bits per heavy atom. The number of nitrogens with zero attached hydrogens (tertiary/aromatic N) is 1. The predicted octanol–water partition coefficient (Wildman–Crippen LogP) is 0.862. The van der Waals surface area contributed by atoms with Gasteiger partial charge in [-0.25, -0.2) is 0 Å². The van der Waals surface area contributed by atoms with E-state index in [1.165, 1.54) is 0 Å². The first-order valence-corrected chi connectivity index (χ1v) is 6.07. The quantitative estimate of drug-likeness (QED) is 0.744. The summed E-state index contributed by atoms with van der Waals surface area (Å²) < 4.78 is 10.7. The van der Waals surface area contributed by atoms with Crippen molar-refractivity contribution in [3.8, 4) is 0 Å². The molecule has 0 aromatic rings. The monoisotopic (exact) mass is 246 g/mol. The Labute approximate surface area is 103 Å². The summed E-state index contributed by atoms with van der Waals surface area (Å²) in [5.74, 6) is 0.594. The summed E-state index contributed by atoms with van der Waals surface area (Å²) in [5, 5.41) is 4.06. The maximum atomic E-state index is 5.37. The van der Waals surface area contributed by atoms with Gasteiger partial charge >= 0.3 is 0 Å². The Morgan fingerprint density at radius 2 is 1.81 bits per heavy atom. The van der Waals surface area contributed by atoms with Crippen LogP contribution in [0.2, 0.25) is 0 Å². The lowest BCUT2D eigenvalue weighted by Crippen LogP contribution is -2.40. The first kappa shape index (κ1) is 13.7. The number of ether oxygens (including phenoxy) is 2. The molecule has 16 heavy (non-hydrogen) atoms. The lowest BCUT2D eigenvalue weighted by atomic mass is 10.2. The standard InChI is InChI=1S/C11H22N2O2S/c1-8(2)5-12-11(16)13-6-9(14-3)10(7-13)15-4/h8-10H,5-7H2,1-4H3,(H,12,16). The van der Waals surface area contributed by atoms with Crippen LogP contribution in [-0.4, -0.2) is 56.1 Å². The van der Waals surface area contributed by atoms with Crippen molar-refractivity contribution in [3.63, 3.8) is 0 Å². The number of likely N-dealkylation sites (tertiary alicyclic amines) is 1. The predicted molar refractivity (Wildman–Crippen MR) is 68.6 cm³/mol. The number of nitrogens with one attached hydrogen (secondary N) is 1. The van der Waals surface area contributed by atoms with Crippen molar-refractivity contribution < 1.29 is 9.47 Å². The second kappa shape index (κ2) is 6.37. The molecule has 94 valence electrons. The highest BCUT2D eigenvalue weighted by molar-refractivity contribution is 7.80. The first-order valence-electron chi connectivity index (χ1n) is 5.66. The third-order valence-corrected chi connectivity index (χ3v) is 3.17. The molecular formula is C11H22N2O2S. The van der Waals surface area contributed by atoms with E-state index in [1.807, 2.05) is 0 Å². The molecule has 0 radical (unpaired) electrons. The number of methoxy groups -OCH3 is 2. The second-order valence-corrected chi connectivity index (χ2v) is 4.92. The highest BCUT2D eigenvalue weighted by atomic mass is 32.1. The van der Waals surface area contributed by atoms with Crippen LogP contribution in [0.5, 0.6) is 0 Å². The molecule has 0 amide bonds. The molecule has 1 heterocycles. The molecule has 0 aliphatic carbocycles. The lowest BCUT2D eigenvalue weighted by Gasteiger charge is -2.20. The molecule has 1 N–H and O–H groups in total. The van der Waals surface area contributed by atoms with E-state index in [2.05, 4.69) is 24.1 Å². The van der Waals surface area contributed by atoms with Gasteiger partial charge in [0.15, 0.2) is 5.11 Å². The average Bonchev–Trinajstić information content (AvgIpc) is 2.68. The Balaban J connectivity index is 2.41. The van der Waals surface area contributed by atoms with Gasteiger partial charge in [0.05, 0.1) is 0 Å². The molecule has 0 aromatic heterocycles. The van der Waals surface area contributed by atoms with Crippen LogP contribution in [0.3, 0.4) is 0 Å². The Kier molecular flexibility index (Phi) is 5.44. The number of hydrogen-bond acceptors (Lipinski definition) is 3. The van der Waals surface area contributed by atoms with Gasteiger partial charge in [-0.1, -0.05) is 13.8 Å². The summed E-state index contributed by atoms with van der Waals surface area (Å²) in [6.45, 7) is 6.84. The largest absolute Gasteiger partial charge is 0.377 e. The summed E-state index contributed by atoms with van der Waals surface area (Å²) >= 11 is 5.34. The Morgan fingerprint density at radius 3 is 2.19 bits per heavy atom. The molecule has 1 aliphatic heterocycles. The third-order valence-electron chi connectivity index (χ3n) is 2.77. The zero-order valence-corrected chi connectivity index (χ0v) is 11.3. The van der Waals surface area contributed by atoms with Crippen LogP contribution in [0, 0.1) is 5.92 Å². The molecule has 0 spiro atoms. The van der Waals surface area contributed by atoms with E-state index < -0.39 is 0 Å². The topological polar surface area (TPSA) is 33.7 Å². The summed E-state index contributed by atoms with van der Waals surface area (Å²) in [6, 6.07) is 0. The van der Waals surface area contributed by atoms with Crippen LogP contribution >= 0.6 is 12.2 Å². The maximum absolute atomic E-state index is 5.37. The smallest absolute Gasteiger partial charge is 0.169 e. The summed E-state index contributed by atoms with van der Waals surface area (Å²) in [7, 11) is 3.43. The second-order valence-electron chi connectivity index (χ2n) is 4.53. The molecule has 2 atom stereocenters. The molecule has 0 saturated carbocycles. The van der Waals surface area contributed by atoms with Gasteiger partial charge in [-0.3, -0.25) is 0 Å². The van der Waals surface area contributed by atoms with Crippen LogP contribution in [0.4, 0.5) is 0 Å². The summed E-state index contributed by atoms with van der Waals surface area (Å²) in [6.07, 6.45) is 0.229. The number of hydrogen-bond donors (Lipinski definition) is 1. The highest BCUT2D eigenvalue weighted by Gasteiger charge is 2.33. The van der Waals surface area contributed by atoms with Gasteiger partial charge in [-0.05, 0) is 18.1 Å². The summed E-state index contributed by atoms with van der Waals surface area (Å²) in [5.41, 5.74) is 0. The van der Waals surface area contributed by atoms with Crippen molar-refractivity contribution in [2.24, 2.45) is 5.92 Å². The molecular weight excluding hydrogens is 224 g/mol. The third kappa shape index (κ3) is 3.57. The normalized spacial score (nSPS) is 25.2. The molecule has 1 rings (SSSR count). The van der Waals surface area contributed by atoms with Gasteiger partial charge in [-0.15, -0.1) is 0 Å². The molecule has 1 fully saturated rings.